The van der Waals surface area contributed by atoms with E-state index < -0.39 is 17.4 Å². The third kappa shape index (κ3) is 5.29. The fraction of sp³-hybridized carbons (Fsp3) is 0.412. The van der Waals surface area contributed by atoms with Crippen molar-refractivity contribution in [2.24, 2.45) is 5.16 Å². The Hall–Kier alpha value is -2.41. The molecule has 0 spiro atoms. The maximum atomic E-state index is 12.7. The van der Waals surface area contributed by atoms with Gasteiger partial charge in [0.15, 0.2) is 5.78 Å². The van der Waals surface area contributed by atoms with Gasteiger partial charge in [-0.25, -0.2) is 0 Å². The smallest absolute Gasteiger partial charge is 0.307 e. The number of halogens is 1. The van der Waals surface area contributed by atoms with Crippen molar-refractivity contribution in [1.82, 2.24) is 5.32 Å². The minimum atomic E-state index is -1.11. The Morgan fingerprint density at radius 3 is 2.60 bits per heavy atom. The molecule has 0 bridgehead atoms. The molecular formula is C17H21ClN2O5. The van der Waals surface area contributed by atoms with Gasteiger partial charge in [0.05, 0.1) is 24.1 Å². The molecular weight excluding hydrogens is 348 g/mol. The number of Topliss-reactive ketones (excluding diaryl/α,β-unsaturated/α-hetero) is 1. The number of hydrogen-bond acceptors (Lipinski definition) is 5. The van der Waals surface area contributed by atoms with Crippen LogP contribution in [0.3, 0.4) is 0 Å². The first kappa shape index (κ1) is 20.6. The predicted molar refractivity (Wildman–Crippen MR) is 94.3 cm³/mol. The average Bonchev–Trinajstić information content (AvgIpc) is 2.58. The van der Waals surface area contributed by atoms with Crippen molar-refractivity contribution >= 4 is 35.5 Å². The number of aliphatic carboxylic acids is 1. The molecule has 0 saturated heterocycles. The summed E-state index contributed by atoms with van der Waals surface area (Å²) >= 11 is 5.62. The summed E-state index contributed by atoms with van der Waals surface area (Å²) < 4.78 is 0. The van der Waals surface area contributed by atoms with E-state index in [1.165, 1.54) is 19.4 Å². The highest BCUT2D eigenvalue weighted by Gasteiger charge is 2.32. The van der Waals surface area contributed by atoms with Crippen LogP contribution in [0.5, 0.6) is 0 Å². The highest BCUT2D eigenvalue weighted by atomic mass is 35.5. The summed E-state index contributed by atoms with van der Waals surface area (Å²) in [6.07, 6.45) is 1.36. The third-order valence-corrected chi connectivity index (χ3v) is 4.15. The Bertz CT molecular complexity index is 690. The van der Waals surface area contributed by atoms with E-state index in [2.05, 4.69) is 15.3 Å². The van der Waals surface area contributed by atoms with Gasteiger partial charge < -0.3 is 15.3 Å². The molecule has 25 heavy (non-hydrogen) atoms. The number of hydrogen-bond donors (Lipinski definition) is 2. The van der Waals surface area contributed by atoms with Crippen molar-refractivity contribution in [3.63, 3.8) is 0 Å². The Labute approximate surface area is 151 Å². The van der Waals surface area contributed by atoms with E-state index in [1.54, 1.807) is 26.0 Å². The predicted octanol–water partition coefficient (Wildman–Crippen LogP) is 2.00. The van der Waals surface area contributed by atoms with Gasteiger partial charge in [-0.15, -0.1) is 11.6 Å². The third-order valence-electron chi connectivity index (χ3n) is 3.90. The Balaban J connectivity index is 3.30. The van der Waals surface area contributed by atoms with Crippen molar-refractivity contribution in [2.45, 2.75) is 32.2 Å². The van der Waals surface area contributed by atoms with Crippen molar-refractivity contribution in [3.05, 3.63) is 34.9 Å². The standard InChI is InChI=1S/C17H21ClN2O5/c1-4-17(2,14(21)9-18)20-16(24)12-7-5-6-11(8-15(22)23)13(12)10-19-25-3/h5-7,10H,4,8-9H2,1-3H3,(H,20,24)(H,22,23). The zero-order chi connectivity index (χ0) is 19.0. The number of amides is 1. The average molecular weight is 369 g/mol. The maximum Gasteiger partial charge on any atom is 0.307 e. The van der Waals surface area contributed by atoms with Gasteiger partial charge in [-0.05, 0) is 25.0 Å². The first-order valence-corrected chi connectivity index (χ1v) is 8.14. The van der Waals surface area contributed by atoms with Crippen LogP contribution < -0.4 is 5.32 Å². The number of nitrogens with zero attached hydrogens (tertiary/aromatic N) is 1. The van der Waals surface area contributed by atoms with Gasteiger partial charge in [-0.2, -0.15) is 0 Å². The fourth-order valence-corrected chi connectivity index (χ4v) is 2.50. The number of carboxylic acids is 1. The lowest BCUT2D eigenvalue weighted by molar-refractivity contribution is -0.136. The van der Waals surface area contributed by atoms with Crippen LogP contribution in [0.15, 0.2) is 23.4 Å². The zero-order valence-electron chi connectivity index (χ0n) is 14.3. The van der Waals surface area contributed by atoms with Crippen molar-refractivity contribution < 1.29 is 24.3 Å². The van der Waals surface area contributed by atoms with Gasteiger partial charge in [-0.1, -0.05) is 24.2 Å². The molecule has 7 nitrogen and oxygen atoms in total. The lowest BCUT2D eigenvalue weighted by Crippen LogP contribution is -2.52. The van der Waals surface area contributed by atoms with E-state index >= 15 is 0 Å². The van der Waals surface area contributed by atoms with Crippen molar-refractivity contribution in [1.29, 1.82) is 0 Å². The van der Waals surface area contributed by atoms with Gasteiger partial charge in [0.2, 0.25) is 0 Å². The molecule has 1 aromatic carbocycles. The van der Waals surface area contributed by atoms with Crippen molar-refractivity contribution in [2.75, 3.05) is 13.0 Å². The molecule has 0 fully saturated rings. The number of carbonyl (C=O) groups excluding carboxylic acids is 2. The summed E-state index contributed by atoms with van der Waals surface area (Å²) in [4.78, 5) is 40.4. The lowest BCUT2D eigenvalue weighted by atomic mass is 9.92. The second-order valence-corrected chi connectivity index (χ2v) is 5.83. The molecule has 0 saturated carbocycles. The minimum Gasteiger partial charge on any atom is -0.481 e. The molecule has 0 aliphatic rings. The number of rotatable bonds is 9. The van der Waals surface area contributed by atoms with E-state index in [4.69, 9.17) is 16.7 Å². The number of alkyl halides is 1. The highest BCUT2D eigenvalue weighted by molar-refractivity contribution is 6.29. The van der Waals surface area contributed by atoms with Crippen LogP contribution in [0.1, 0.15) is 41.8 Å². The molecule has 2 N–H and O–H groups in total. The molecule has 1 rings (SSSR count). The molecule has 1 atom stereocenters. The molecule has 136 valence electrons. The molecule has 0 radical (unpaired) electrons. The summed E-state index contributed by atoms with van der Waals surface area (Å²) in [6, 6.07) is 4.69. The van der Waals surface area contributed by atoms with Gasteiger partial charge in [0.25, 0.3) is 5.91 Å². The van der Waals surface area contributed by atoms with Crippen LogP contribution in [0.2, 0.25) is 0 Å². The topological polar surface area (TPSA) is 105 Å². The van der Waals surface area contributed by atoms with Crippen molar-refractivity contribution in [3.8, 4) is 0 Å². The second kappa shape index (κ2) is 9.17. The number of oxime groups is 1. The largest absolute Gasteiger partial charge is 0.481 e. The molecule has 1 aromatic rings. The molecule has 1 amide bonds. The van der Waals surface area contributed by atoms with Gasteiger partial charge in [0, 0.05) is 11.1 Å². The SMILES string of the molecule is CCC(C)(NC(=O)c1cccc(CC(=O)O)c1C=NOC)C(=O)CCl. The van der Waals surface area contributed by atoms with Crippen LogP contribution in [0, 0.1) is 0 Å². The van der Waals surface area contributed by atoms with Crippen LogP contribution in [0.4, 0.5) is 0 Å². The molecule has 8 heteroatoms. The van der Waals surface area contributed by atoms with Crippen LogP contribution in [-0.4, -0.2) is 47.5 Å². The number of carbonyl (C=O) groups is 3. The number of ketones is 1. The quantitative estimate of drug-likeness (QED) is 0.394. The number of benzene rings is 1. The molecule has 0 heterocycles. The van der Waals surface area contributed by atoms with E-state index in [0.717, 1.165) is 0 Å². The Kier molecular flexibility index (Phi) is 7.57. The Morgan fingerprint density at radius 2 is 2.08 bits per heavy atom. The molecule has 0 aliphatic carbocycles. The molecule has 1 unspecified atom stereocenters. The monoisotopic (exact) mass is 368 g/mol. The summed E-state index contributed by atoms with van der Waals surface area (Å²) in [5.41, 5.74) is -0.192. The van der Waals surface area contributed by atoms with Gasteiger partial charge in [-0.3, -0.25) is 14.4 Å². The molecule has 0 aliphatic heterocycles. The highest BCUT2D eigenvalue weighted by Crippen LogP contribution is 2.18. The first-order chi connectivity index (χ1) is 11.8. The zero-order valence-corrected chi connectivity index (χ0v) is 15.1. The van der Waals surface area contributed by atoms with E-state index in [0.29, 0.717) is 17.5 Å². The normalized spacial score (nSPS) is 13.3. The van der Waals surface area contributed by atoms with E-state index in [9.17, 15) is 14.4 Å². The first-order valence-electron chi connectivity index (χ1n) is 7.61. The summed E-state index contributed by atoms with van der Waals surface area (Å²) in [7, 11) is 1.34. The summed E-state index contributed by atoms with van der Waals surface area (Å²) in [6.45, 7) is 3.36. The lowest BCUT2D eigenvalue weighted by Gasteiger charge is -2.27. The number of nitrogens with one attached hydrogen (secondary N) is 1. The van der Waals surface area contributed by atoms with Crippen LogP contribution >= 0.6 is 11.6 Å². The Morgan fingerprint density at radius 1 is 1.40 bits per heavy atom. The number of carboxylic acid groups (broad SMARTS) is 1. The maximum absolute atomic E-state index is 12.7. The summed E-state index contributed by atoms with van der Waals surface area (Å²) in [5.74, 6) is -2.09. The van der Waals surface area contributed by atoms with E-state index in [1.807, 2.05) is 0 Å². The fourth-order valence-electron chi connectivity index (χ4n) is 2.21. The van der Waals surface area contributed by atoms with Gasteiger partial charge >= 0.3 is 5.97 Å². The van der Waals surface area contributed by atoms with Gasteiger partial charge in [0.1, 0.15) is 7.11 Å². The second-order valence-electron chi connectivity index (χ2n) is 5.56. The van der Waals surface area contributed by atoms with E-state index in [-0.39, 0.29) is 23.6 Å². The van der Waals surface area contributed by atoms with Crippen LogP contribution in [0.25, 0.3) is 0 Å². The minimum absolute atomic E-state index is 0.196. The summed E-state index contributed by atoms with van der Waals surface area (Å²) in [5, 5.41) is 15.4. The van der Waals surface area contributed by atoms with Crippen LogP contribution in [-0.2, 0) is 20.8 Å². The molecule has 0 aromatic heterocycles.